The molecule has 1 aromatic rings. The number of carbonyl (C=O) groups is 1. The van der Waals surface area contributed by atoms with Crippen LogP contribution in [0, 0.1) is 0 Å². The number of nitrogens with zero attached hydrogens (tertiary/aromatic N) is 1. The zero-order valence-electron chi connectivity index (χ0n) is 9.20. The van der Waals surface area contributed by atoms with Crippen LogP contribution in [0.5, 0.6) is 0 Å². The number of aryl methyl sites for hydroxylation is 1. The van der Waals surface area contributed by atoms with Crippen molar-refractivity contribution >= 4 is 5.91 Å². The molecule has 1 heterocycles. The Balaban J connectivity index is 2.21. The summed E-state index contributed by atoms with van der Waals surface area (Å²) in [5.74, 6) is 0.270. The summed E-state index contributed by atoms with van der Waals surface area (Å²) in [5.41, 5.74) is 2.72. The normalized spacial score (nSPS) is 15.7. The van der Waals surface area contributed by atoms with E-state index in [1.54, 1.807) is 0 Å². The van der Waals surface area contributed by atoms with Gasteiger partial charge in [-0.2, -0.15) is 0 Å². The zero-order valence-corrected chi connectivity index (χ0v) is 9.20. The van der Waals surface area contributed by atoms with Crippen molar-refractivity contribution in [2.75, 3.05) is 6.54 Å². The molecule has 0 atom stereocenters. The van der Waals surface area contributed by atoms with Crippen molar-refractivity contribution in [1.29, 1.82) is 0 Å². The van der Waals surface area contributed by atoms with E-state index in [0.717, 1.165) is 25.9 Å². The number of benzene rings is 1. The fourth-order valence-corrected chi connectivity index (χ4v) is 2.14. The molecule has 0 spiro atoms. The minimum atomic E-state index is 0.270. The number of rotatable bonds is 1. The van der Waals surface area contributed by atoms with Gasteiger partial charge in [-0.25, -0.2) is 0 Å². The first-order chi connectivity index (χ1) is 7.31. The van der Waals surface area contributed by atoms with Gasteiger partial charge >= 0.3 is 0 Å². The fraction of sp³-hybridized carbons (Fsp3) is 0.462. The summed E-state index contributed by atoms with van der Waals surface area (Å²) in [6.07, 6.45) is 2.80. The van der Waals surface area contributed by atoms with Crippen LogP contribution >= 0.6 is 0 Å². The molecule has 2 heteroatoms. The molecule has 0 bridgehead atoms. The van der Waals surface area contributed by atoms with Crippen LogP contribution < -0.4 is 0 Å². The van der Waals surface area contributed by atoms with Crippen molar-refractivity contribution < 1.29 is 4.79 Å². The summed E-state index contributed by atoms with van der Waals surface area (Å²) in [5, 5.41) is 0. The number of amides is 1. The summed E-state index contributed by atoms with van der Waals surface area (Å²) in [6.45, 7) is 3.63. The van der Waals surface area contributed by atoms with Crippen LogP contribution in [0.15, 0.2) is 24.3 Å². The van der Waals surface area contributed by atoms with E-state index >= 15 is 0 Å². The summed E-state index contributed by atoms with van der Waals surface area (Å²) in [4.78, 5) is 13.6. The van der Waals surface area contributed by atoms with E-state index in [-0.39, 0.29) is 5.91 Å². The zero-order chi connectivity index (χ0) is 10.7. The largest absolute Gasteiger partial charge is 0.338 e. The maximum Gasteiger partial charge on any atom is 0.222 e. The molecule has 0 saturated carbocycles. The molecule has 15 heavy (non-hydrogen) atoms. The van der Waals surface area contributed by atoms with Crippen LogP contribution in [0.1, 0.15) is 30.9 Å². The predicted molar refractivity (Wildman–Crippen MR) is 60.5 cm³/mol. The highest BCUT2D eigenvalue weighted by atomic mass is 16.2. The number of hydrogen-bond acceptors (Lipinski definition) is 1. The van der Waals surface area contributed by atoms with E-state index in [1.165, 1.54) is 11.1 Å². The summed E-state index contributed by atoms with van der Waals surface area (Å²) in [6, 6.07) is 8.45. The Morgan fingerprint density at radius 3 is 2.80 bits per heavy atom. The maximum absolute atomic E-state index is 11.7. The Hall–Kier alpha value is -1.31. The molecule has 1 aromatic carbocycles. The lowest BCUT2D eigenvalue weighted by atomic mass is 10.0. The van der Waals surface area contributed by atoms with Gasteiger partial charge in [0.15, 0.2) is 0 Å². The third-order valence-electron chi connectivity index (χ3n) is 3.01. The van der Waals surface area contributed by atoms with Gasteiger partial charge in [0.25, 0.3) is 0 Å². The topological polar surface area (TPSA) is 20.3 Å². The Bertz CT molecular complexity index is 359. The first kappa shape index (κ1) is 10.2. The van der Waals surface area contributed by atoms with Gasteiger partial charge in [0, 0.05) is 19.5 Å². The van der Waals surface area contributed by atoms with Crippen LogP contribution in [-0.2, 0) is 17.8 Å². The van der Waals surface area contributed by atoms with Gasteiger partial charge in [-0.1, -0.05) is 31.2 Å². The smallest absolute Gasteiger partial charge is 0.222 e. The molecule has 0 fully saturated rings. The van der Waals surface area contributed by atoms with E-state index in [2.05, 4.69) is 24.3 Å². The molecule has 0 aliphatic carbocycles. The van der Waals surface area contributed by atoms with Crippen molar-refractivity contribution in [3.8, 4) is 0 Å². The van der Waals surface area contributed by atoms with Crippen LogP contribution in [0.4, 0.5) is 0 Å². The third-order valence-corrected chi connectivity index (χ3v) is 3.01. The average molecular weight is 203 g/mol. The second-order valence-electron chi connectivity index (χ2n) is 4.04. The molecule has 0 aromatic heterocycles. The van der Waals surface area contributed by atoms with Crippen molar-refractivity contribution in [2.45, 2.75) is 32.7 Å². The molecule has 2 nitrogen and oxygen atoms in total. The molecule has 0 saturated heterocycles. The van der Waals surface area contributed by atoms with E-state index in [1.807, 2.05) is 11.8 Å². The summed E-state index contributed by atoms with van der Waals surface area (Å²) in [7, 11) is 0. The van der Waals surface area contributed by atoms with Crippen molar-refractivity contribution in [3.63, 3.8) is 0 Å². The van der Waals surface area contributed by atoms with E-state index < -0.39 is 0 Å². The Morgan fingerprint density at radius 2 is 2.07 bits per heavy atom. The molecule has 0 radical (unpaired) electrons. The van der Waals surface area contributed by atoms with Gasteiger partial charge in [-0.05, 0) is 24.0 Å². The summed E-state index contributed by atoms with van der Waals surface area (Å²) < 4.78 is 0. The van der Waals surface area contributed by atoms with Crippen LogP contribution in [0.2, 0.25) is 0 Å². The third kappa shape index (κ3) is 2.20. The number of hydrogen-bond donors (Lipinski definition) is 0. The predicted octanol–water partition coefficient (Wildman–Crippen LogP) is 2.37. The molecular formula is C13H17NO. The van der Waals surface area contributed by atoms with Gasteiger partial charge in [0.2, 0.25) is 5.91 Å². The molecular weight excluding hydrogens is 186 g/mol. The minimum Gasteiger partial charge on any atom is -0.338 e. The highest BCUT2D eigenvalue weighted by Crippen LogP contribution is 2.18. The molecule has 1 aliphatic heterocycles. The second-order valence-corrected chi connectivity index (χ2v) is 4.04. The SMILES string of the molecule is CCC(=O)N1CCCc2ccccc2C1. The number of fused-ring (bicyclic) bond motifs is 1. The minimum absolute atomic E-state index is 0.270. The standard InChI is InChI=1S/C13H17NO/c1-2-13(15)14-9-5-8-11-6-3-4-7-12(11)10-14/h3-4,6-7H,2,5,8-10H2,1H3. The van der Waals surface area contributed by atoms with Crippen LogP contribution in [0.3, 0.4) is 0 Å². The van der Waals surface area contributed by atoms with Crippen molar-refractivity contribution in [1.82, 2.24) is 4.90 Å². The average Bonchev–Trinajstić information content (AvgIpc) is 2.49. The lowest BCUT2D eigenvalue weighted by Gasteiger charge is -2.20. The van der Waals surface area contributed by atoms with Crippen molar-refractivity contribution in [3.05, 3.63) is 35.4 Å². The quantitative estimate of drug-likeness (QED) is 0.686. The van der Waals surface area contributed by atoms with Gasteiger partial charge in [-0.3, -0.25) is 4.79 Å². The molecule has 2 rings (SSSR count). The fourth-order valence-electron chi connectivity index (χ4n) is 2.14. The van der Waals surface area contributed by atoms with Crippen LogP contribution in [0.25, 0.3) is 0 Å². The van der Waals surface area contributed by atoms with Gasteiger partial charge < -0.3 is 4.90 Å². The Labute approximate surface area is 90.9 Å². The van der Waals surface area contributed by atoms with E-state index in [4.69, 9.17) is 0 Å². The first-order valence-electron chi connectivity index (χ1n) is 5.66. The molecule has 0 N–H and O–H groups in total. The highest BCUT2D eigenvalue weighted by molar-refractivity contribution is 5.75. The van der Waals surface area contributed by atoms with E-state index in [9.17, 15) is 4.79 Å². The van der Waals surface area contributed by atoms with Gasteiger partial charge in [0.1, 0.15) is 0 Å². The van der Waals surface area contributed by atoms with Gasteiger partial charge in [-0.15, -0.1) is 0 Å². The van der Waals surface area contributed by atoms with Gasteiger partial charge in [0.05, 0.1) is 0 Å². The summed E-state index contributed by atoms with van der Waals surface area (Å²) >= 11 is 0. The second kappa shape index (κ2) is 4.47. The number of carbonyl (C=O) groups excluding carboxylic acids is 1. The highest BCUT2D eigenvalue weighted by Gasteiger charge is 2.16. The van der Waals surface area contributed by atoms with E-state index in [0.29, 0.717) is 6.42 Å². The molecule has 1 amide bonds. The monoisotopic (exact) mass is 203 g/mol. The first-order valence-corrected chi connectivity index (χ1v) is 5.66. The Morgan fingerprint density at radius 1 is 1.33 bits per heavy atom. The Kier molecular flexibility index (Phi) is 3.05. The lowest BCUT2D eigenvalue weighted by molar-refractivity contribution is -0.131. The molecule has 0 unspecified atom stereocenters. The molecule has 1 aliphatic rings. The molecule has 80 valence electrons. The van der Waals surface area contributed by atoms with Crippen LogP contribution in [-0.4, -0.2) is 17.4 Å². The lowest BCUT2D eigenvalue weighted by Crippen LogP contribution is -2.29. The van der Waals surface area contributed by atoms with Crippen molar-refractivity contribution in [2.24, 2.45) is 0 Å². The maximum atomic E-state index is 11.7.